The number of hydrogen-bond donors (Lipinski definition) is 2. The van der Waals surface area contributed by atoms with Gasteiger partial charge < -0.3 is 19.4 Å². The van der Waals surface area contributed by atoms with Crippen LogP contribution in [0.2, 0.25) is 0 Å². The molecule has 1 aromatic carbocycles. The molecule has 0 bridgehead atoms. The van der Waals surface area contributed by atoms with Crippen molar-refractivity contribution in [1.29, 1.82) is 0 Å². The highest BCUT2D eigenvalue weighted by atomic mass is 16.5. The lowest BCUT2D eigenvalue weighted by Crippen LogP contribution is -2.43. The molecular formula is C33H41N5O3. The van der Waals surface area contributed by atoms with Crippen molar-refractivity contribution in [3.05, 3.63) is 93.0 Å². The first-order valence-corrected chi connectivity index (χ1v) is 14.3. The van der Waals surface area contributed by atoms with E-state index in [0.29, 0.717) is 23.0 Å². The number of piperidine rings is 1. The maximum atomic E-state index is 13.8. The van der Waals surface area contributed by atoms with Gasteiger partial charge in [-0.15, -0.1) is 0 Å². The van der Waals surface area contributed by atoms with Crippen LogP contribution in [-0.2, 0) is 6.54 Å². The number of benzene rings is 1. The second-order valence-corrected chi connectivity index (χ2v) is 11.3. The molecule has 1 aliphatic rings. The van der Waals surface area contributed by atoms with Crippen LogP contribution in [0.5, 0.6) is 5.88 Å². The molecule has 8 heteroatoms. The summed E-state index contributed by atoms with van der Waals surface area (Å²) in [4.78, 5) is 34.0. The normalized spacial score (nSPS) is 15.4. The predicted molar refractivity (Wildman–Crippen MR) is 164 cm³/mol. The molecule has 0 aliphatic carbocycles. The minimum absolute atomic E-state index is 0.121. The number of rotatable bonds is 8. The number of carbonyl (C=O) groups is 1. The number of ether oxygens (including phenoxy) is 1. The highest BCUT2D eigenvalue weighted by molar-refractivity contribution is 5.98. The summed E-state index contributed by atoms with van der Waals surface area (Å²) < 4.78 is 7.43. The van der Waals surface area contributed by atoms with Crippen LogP contribution in [0.4, 0.5) is 0 Å². The van der Waals surface area contributed by atoms with Gasteiger partial charge in [-0.3, -0.25) is 19.5 Å². The predicted octanol–water partition coefficient (Wildman–Crippen LogP) is 4.94. The summed E-state index contributed by atoms with van der Waals surface area (Å²) in [5.41, 5.74) is 6.91. The van der Waals surface area contributed by atoms with E-state index in [-0.39, 0.29) is 24.1 Å². The molecule has 1 unspecified atom stereocenters. The minimum atomic E-state index is -0.261. The number of aryl methyl sites for hydroxylation is 1. The molecule has 0 spiro atoms. The van der Waals surface area contributed by atoms with Crippen molar-refractivity contribution in [2.24, 2.45) is 0 Å². The Morgan fingerprint density at radius 1 is 1.12 bits per heavy atom. The number of fused-ring (bicyclic) bond motifs is 1. The van der Waals surface area contributed by atoms with Crippen molar-refractivity contribution in [3.8, 4) is 17.0 Å². The Hall–Kier alpha value is -3.88. The largest absolute Gasteiger partial charge is 0.482 e. The van der Waals surface area contributed by atoms with Crippen LogP contribution in [0, 0.1) is 13.8 Å². The zero-order valence-corrected chi connectivity index (χ0v) is 25.0. The Morgan fingerprint density at radius 2 is 1.83 bits per heavy atom. The van der Waals surface area contributed by atoms with E-state index in [1.165, 1.54) is 7.11 Å². The lowest BCUT2D eigenvalue weighted by Gasteiger charge is -2.39. The summed E-state index contributed by atoms with van der Waals surface area (Å²) in [5, 5.41) is 3.03. The number of H-pyrrole nitrogens is 1. The molecule has 0 saturated carbocycles. The molecule has 0 radical (unpaired) electrons. The summed E-state index contributed by atoms with van der Waals surface area (Å²) in [5.74, 6) is 0.207. The molecule has 1 atom stereocenters. The zero-order valence-electron chi connectivity index (χ0n) is 25.0. The van der Waals surface area contributed by atoms with Gasteiger partial charge in [0.25, 0.3) is 11.5 Å². The van der Waals surface area contributed by atoms with Gasteiger partial charge in [-0.1, -0.05) is 30.3 Å². The molecule has 8 nitrogen and oxygen atoms in total. The average Bonchev–Trinajstić information content (AvgIpc) is 3.39. The molecule has 4 heterocycles. The zero-order chi connectivity index (χ0) is 29.3. The monoisotopic (exact) mass is 555 g/mol. The lowest BCUT2D eigenvalue weighted by molar-refractivity contribution is 0.0948. The van der Waals surface area contributed by atoms with Crippen LogP contribution in [0.25, 0.3) is 16.6 Å². The number of aromatic amines is 1. The number of aromatic nitrogens is 2. The van der Waals surface area contributed by atoms with Crippen molar-refractivity contribution in [3.63, 3.8) is 0 Å². The maximum Gasteiger partial charge on any atom is 0.255 e. The van der Waals surface area contributed by atoms with Gasteiger partial charge in [-0.05, 0) is 76.5 Å². The Labute approximate surface area is 241 Å². The van der Waals surface area contributed by atoms with Crippen molar-refractivity contribution in [2.75, 3.05) is 34.3 Å². The van der Waals surface area contributed by atoms with E-state index < -0.39 is 0 Å². The number of nitrogens with zero attached hydrogens (tertiary/aromatic N) is 3. The maximum absolute atomic E-state index is 13.8. The van der Waals surface area contributed by atoms with Crippen LogP contribution in [0.3, 0.4) is 0 Å². The van der Waals surface area contributed by atoms with Gasteiger partial charge >= 0.3 is 0 Å². The van der Waals surface area contributed by atoms with E-state index in [1.54, 1.807) is 6.07 Å². The second kappa shape index (κ2) is 11.9. The molecule has 5 rings (SSSR count). The third kappa shape index (κ3) is 5.67. The van der Waals surface area contributed by atoms with E-state index in [9.17, 15) is 9.59 Å². The van der Waals surface area contributed by atoms with Crippen LogP contribution < -0.4 is 15.6 Å². The van der Waals surface area contributed by atoms with Gasteiger partial charge in [0, 0.05) is 66.4 Å². The summed E-state index contributed by atoms with van der Waals surface area (Å²) in [6, 6.07) is 16.9. The number of methoxy groups -OCH3 is 1. The number of nitrogens with one attached hydrogen (secondary N) is 2. The molecule has 1 aliphatic heterocycles. The number of hydrogen-bond acceptors (Lipinski definition) is 5. The van der Waals surface area contributed by atoms with Crippen molar-refractivity contribution >= 4 is 11.4 Å². The quantitative estimate of drug-likeness (QED) is 0.322. The van der Waals surface area contributed by atoms with Gasteiger partial charge in [0.2, 0.25) is 0 Å². The highest BCUT2D eigenvalue weighted by Gasteiger charge is 2.29. The molecule has 216 valence electrons. The van der Waals surface area contributed by atoms with Gasteiger partial charge in [-0.2, -0.15) is 0 Å². The van der Waals surface area contributed by atoms with Gasteiger partial charge in [0.1, 0.15) is 0 Å². The van der Waals surface area contributed by atoms with Crippen molar-refractivity contribution < 1.29 is 9.53 Å². The molecule has 3 aromatic heterocycles. The third-order valence-corrected chi connectivity index (χ3v) is 8.74. The van der Waals surface area contributed by atoms with E-state index >= 15 is 0 Å². The van der Waals surface area contributed by atoms with Crippen LogP contribution in [-0.4, -0.2) is 65.4 Å². The molecule has 1 saturated heterocycles. The first-order chi connectivity index (χ1) is 19.7. The SMILES string of the molecule is COc1cc(C)c(CNC(=O)c2cc3c(-c4ccccc4)ccn3c(C(C)N3CCC(N(C)C)CC3)c2C)c(=O)[nH]1. The van der Waals surface area contributed by atoms with Crippen molar-refractivity contribution in [1.82, 2.24) is 24.5 Å². The summed E-state index contributed by atoms with van der Waals surface area (Å²) in [6.07, 6.45) is 4.37. The fraction of sp³-hybridized carbons (Fsp3) is 0.394. The van der Waals surface area contributed by atoms with E-state index in [1.807, 2.05) is 38.1 Å². The van der Waals surface area contributed by atoms with E-state index in [4.69, 9.17) is 4.74 Å². The summed E-state index contributed by atoms with van der Waals surface area (Å²) >= 11 is 0. The number of carbonyl (C=O) groups excluding carboxylic acids is 1. The number of likely N-dealkylation sites (tertiary alicyclic amines) is 1. The molecule has 41 heavy (non-hydrogen) atoms. The average molecular weight is 556 g/mol. The fourth-order valence-corrected chi connectivity index (χ4v) is 6.22. The smallest absolute Gasteiger partial charge is 0.255 e. The molecule has 1 fully saturated rings. The first-order valence-electron chi connectivity index (χ1n) is 14.3. The van der Waals surface area contributed by atoms with Crippen LogP contribution in [0.15, 0.2) is 59.5 Å². The molecule has 2 N–H and O–H groups in total. The van der Waals surface area contributed by atoms with Crippen LogP contribution in [0.1, 0.15) is 58.5 Å². The lowest BCUT2D eigenvalue weighted by atomic mass is 9.96. The van der Waals surface area contributed by atoms with Gasteiger partial charge in [-0.25, -0.2) is 0 Å². The molecular weight excluding hydrogens is 514 g/mol. The Kier molecular flexibility index (Phi) is 8.33. The number of amides is 1. The Morgan fingerprint density at radius 3 is 2.46 bits per heavy atom. The highest BCUT2D eigenvalue weighted by Crippen LogP contribution is 2.34. The third-order valence-electron chi connectivity index (χ3n) is 8.74. The van der Waals surface area contributed by atoms with Gasteiger partial charge in [0.15, 0.2) is 5.88 Å². The van der Waals surface area contributed by atoms with Gasteiger partial charge in [0.05, 0.1) is 12.6 Å². The van der Waals surface area contributed by atoms with Crippen LogP contribution >= 0.6 is 0 Å². The topological polar surface area (TPSA) is 82.1 Å². The minimum Gasteiger partial charge on any atom is -0.482 e. The first kappa shape index (κ1) is 28.6. The molecule has 1 amide bonds. The number of pyridine rings is 2. The second-order valence-electron chi connectivity index (χ2n) is 11.3. The Bertz CT molecular complexity index is 1600. The summed E-state index contributed by atoms with van der Waals surface area (Å²) in [7, 11) is 5.83. The standard InChI is InChI=1S/C33H41N5O3/c1-21-18-30(41-6)35-33(40)28(21)20-34-32(39)27-19-29-26(24-10-8-7-9-11-24)14-17-38(29)31(22(27)2)23(3)37-15-12-25(13-16-37)36(4)5/h7-11,14,17-19,23,25H,12-13,15-16,20H2,1-6H3,(H,34,39)(H,35,40). The van der Waals surface area contributed by atoms with E-state index in [2.05, 4.69) is 69.9 Å². The fourth-order valence-electron chi connectivity index (χ4n) is 6.22. The van der Waals surface area contributed by atoms with E-state index in [0.717, 1.165) is 59.4 Å². The molecule has 4 aromatic rings. The summed E-state index contributed by atoms with van der Waals surface area (Å²) in [6.45, 7) is 8.29. The Balaban J connectivity index is 1.53. The van der Waals surface area contributed by atoms with Crippen molar-refractivity contribution in [2.45, 2.75) is 52.2 Å².